The van der Waals surface area contributed by atoms with Crippen LogP contribution in [0.3, 0.4) is 0 Å². The molecular weight excluding hydrogens is 236 g/mol. The van der Waals surface area contributed by atoms with Gasteiger partial charge in [-0.2, -0.15) is 5.10 Å². The number of aryl methyl sites for hydroxylation is 1. The molecule has 88 valence electrons. The van der Waals surface area contributed by atoms with E-state index >= 15 is 0 Å². The lowest BCUT2D eigenvalue weighted by atomic mass is 10.1. The van der Waals surface area contributed by atoms with Gasteiger partial charge in [0.1, 0.15) is 11.0 Å². The summed E-state index contributed by atoms with van der Waals surface area (Å²) in [6, 6.07) is 0. The van der Waals surface area contributed by atoms with Crippen molar-refractivity contribution < 1.29 is 0 Å². The second-order valence-electron chi connectivity index (χ2n) is 4.52. The minimum Gasteiger partial charge on any atom is -0.275 e. The molecule has 2 heterocycles. The van der Waals surface area contributed by atoms with Gasteiger partial charge in [-0.1, -0.05) is 11.6 Å². The van der Waals surface area contributed by atoms with Crippen LogP contribution in [0.15, 0.2) is 12.4 Å². The van der Waals surface area contributed by atoms with Crippen molar-refractivity contribution in [2.45, 2.75) is 25.7 Å². The van der Waals surface area contributed by atoms with Crippen molar-refractivity contribution in [3.8, 4) is 11.3 Å². The van der Waals surface area contributed by atoms with Crippen LogP contribution >= 0.6 is 11.6 Å². The molecule has 2 aromatic heterocycles. The van der Waals surface area contributed by atoms with Crippen LogP contribution < -0.4 is 0 Å². The number of halogens is 1. The van der Waals surface area contributed by atoms with Crippen molar-refractivity contribution in [2.24, 2.45) is 7.05 Å². The summed E-state index contributed by atoms with van der Waals surface area (Å²) in [6.45, 7) is 1.95. The van der Waals surface area contributed by atoms with E-state index in [0.717, 1.165) is 22.6 Å². The van der Waals surface area contributed by atoms with Gasteiger partial charge in [-0.25, -0.2) is 9.97 Å². The van der Waals surface area contributed by atoms with Crippen LogP contribution in [-0.4, -0.2) is 19.7 Å². The van der Waals surface area contributed by atoms with E-state index in [9.17, 15) is 0 Å². The number of hydrogen-bond acceptors (Lipinski definition) is 3. The zero-order valence-electron chi connectivity index (χ0n) is 9.81. The number of nitrogens with zero attached hydrogens (tertiary/aromatic N) is 4. The molecule has 1 saturated carbocycles. The summed E-state index contributed by atoms with van der Waals surface area (Å²) in [5.74, 6) is 1.38. The molecule has 0 N–H and O–H groups in total. The van der Waals surface area contributed by atoms with Crippen molar-refractivity contribution in [3.05, 3.63) is 28.9 Å². The van der Waals surface area contributed by atoms with Gasteiger partial charge < -0.3 is 0 Å². The molecule has 0 aliphatic heterocycles. The maximum Gasteiger partial charge on any atom is 0.136 e. The fourth-order valence-corrected chi connectivity index (χ4v) is 2.03. The lowest BCUT2D eigenvalue weighted by Gasteiger charge is -2.06. The van der Waals surface area contributed by atoms with Crippen LogP contribution in [0.1, 0.15) is 30.1 Å². The number of hydrogen-bond donors (Lipinski definition) is 0. The third-order valence-corrected chi connectivity index (χ3v) is 3.39. The Bertz CT molecular complexity index is 572. The van der Waals surface area contributed by atoms with E-state index in [4.69, 9.17) is 11.6 Å². The highest BCUT2D eigenvalue weighted by atomic mass is 35.5. The Morgan fingerprint density at radius 3 is 2.71 bits per heavy atom. The highest BCUT2D eigenvalue weighted by molar-refractivity contribution is 6.30. The molecule has 0 amide bonds. The smallest absolute Gasteiger partial charge is 0.136 e. The predicted molar refractivity (Wildman–Crippen MR) is 66.0 cm³/mol. The van der Waals surface area contributed by atoms with E-state index in [1.807, 2.05) is 26.4 Å². The Balaban J connectivity index is 2.13. The van der Waals surface area contributed by atoms with E-state index in [-0.39, 0.29) is 0 Å². The molecular formula is C12H13ClN4. The minimum atomic E-state index is 0.503. The first-order chi connectivity index (χ1) is 8.15. The SMILES string of the molecule is Cc1c(Cl)nc(C2CC2)nc1-c1cnn(C)c1. The van der Waals surface area contributed by atoms with Crippen LogP contribution in [0.4, 0.5) is 0 Å². The summed E-state index contributed by atoms with van der Waals surface area (Å²) < 4.78 is 1.77. The van der Waals surface area contributed by atoms with Gasteiger partial charge in [0.25, 0.3) is 0 Å². The van der Waals surface area contributed by atoms with Crippen molar-refractivity contribution in [2.75, 3.05) is 0 Å². The largest absolute Gasteiger partial charge is 0.275 e. The highest BCUT2D eigenvalue weighted by Gasteiger charge is 2.28. The lowest BCUT2D eigenvalue weighted by molar-refractivity contribution is 0.768. The first-order valence-corrected chi connectivity index (χ1v) is 6.06. The van der Waals surface area contributed by atoms with E-state index in [2.05, 4.69) is 15.1 Å². The summed E-state index contributed by atoms with van der Waals surface area (Å²) in [7, 11) is 1.89. The van der Waals surface area contributed by atoms with E-state index in [1.54, 1.807) is 4.68 Å². The second kappa shape index (κ2) is 3.81. The molecule has 3 rings (SSSR count). The van der Waals surface area contributed by atoms with Gasteiger partial charge in [0.15, 0.2) is 0 Å². The van der Waals surface area contributed by atoms with E-state index < -0.39 is 0 Å². The third-order valence-electron chi connectivity index (χ3n) is 3.02. The fraction of sp³-hybridized carbons (Fsp3) is 0.417. The van der Waals surface area contributed by atoms with Crippen molar-refractivity contribution in [1.29, 1.82) is 0 Å². The maximum atomic E-state index is 6.17. The molecule has 0 aromatic carbocycles. The topological polar surface area (TPSA) is 43.6 Å². The molecule has 0 radical (unpaired) electrons. The van der Waals surface area contributed by atoms with Crippen LogP contribution in [0.25, 0.3) is 11.3 Å². The molecule has 1 aliphatic carbocycles. The molecule has 5 heteroatoms. The molecule has 0 atom stereocenters. The van der Waals surface area contributed by atoms with Gasteiger partial charge in [-0.3, -0.25) is 4.68 Å². The summed E-state index contributed by atoms with van der Waals surface area (Å²) in [4.78, 5) is 8.98. The summed E-state index contributed by atoms with van der Waals surface area (Å²) in [5, 5.41) is 4.72. The Kier molecular flexibility index (Phi) is 2.40. The van der Waals surface area contributed by atoms with Crippen LogP contribution in [-0.2, 0) is 7.05 Å². The molecule has 1 aliphatic rings. The maximum absolute atomic E-state index is 6.17. The Labute approximate surface area is 105 Å². The van der Waals surface area contributed by atoms with Gasteiger partial charge in [0, 0.05) is 30.3 Å². The third kappa shape index (κ3) is 1.93. The molecule has 2 aromatic rings. The summed E-state index contributed by atoms with van der Waals surface area (Å²) in [6.07, 6.45) is 6.10. The first kappa shape index (κ1) is 10.7. The van der Waals surface area contributed by atoms with Gasteiger partial charge in [0.2, 0.25) is 0 Å². The Morgan fingerprint density at radius 2 is 2.12 bits per heavy atom. The van der Waals surface area contributed by atoms with Gasteiger partial charge in [-0.05, 0) is 19.8 Å². The molecule has 1 fully saturated rings. The quantitative estimate of drug-likeness (QED) is 0.768. The highest BCUT2D eigenvalue weighted by Crippen LogP contribution is 2.39. The standard InChI is InChI=1S/C12H13ClN4/c1-7-10(9-5-14-17(2)6-9)15-12(8-3-4-8)16-11(7)13/h5-6,8H,3-4H2,1-2H3. The van der Waals surface area contributed by atoms with Crippen molar-refractivity contribution in [3.63, 3.8) is 0 Å². The minimum absolute atomic E-state index is 0.503. The molecule has 0 bridgehead atoms. The number of aromatic nitrogens is 4. The van der Waals surface area contributed by atoms with E-state index in [1.165, 1.54) is 12.8 Å². The average molecular weight is 249 g/mol. The van der Waals surface area contributed by atoms with Crippen molar-refractivity contribution >= 4 is 11.6 Å². The molecule has 0 saturated heterocycles. The Morgan fingerprint density at radius 1 is 1.35 bits per heavy atom. The molecule has 0 spiro atoms. The van der Waals surface area contributed by atoms with Crippen LogP contribution in [0.5, 0.6) is 0 Å². The lowest BCUT2D eigenvalue weighted by Crippen LogP contribution is -1.99. The van der Waals surface area contributed by atoms with Gasteiger partial charge in [0.05, 0.1) is 11.9 Å². The van der Waals surface area contributed by atoms with Crippen molar-refractivity contribution in [1.82, 2.24) is 19.7 Å². The fourth-order valence-electron chi connectivity index (χ4n) is 1.85. The van der Waals surface area contributed by atoms with Gasteiger partial charge in [-0.15, -0.1) is 0 Å². The normalized spacial score (nSPS) is 15.2. The molecule has 4 nitrogen and oxygen atoms in total. The first-order valence-electron chi connectivity index (χ1n) is 5.68. The van der Waals surface area contributed by atoms with Gasteiger partial charge >= 0.3 is 0 Å². The van der Waals surface area contributed by atoms with Crippen LogP contribution in [0.2, 0.25) is 5.15 Å². The number of rotatable bonds is 2. The predicted octanol–water partition coefficient (Wildman–Crippen LogP) is 2.72. The van der Waals surface area contributed by atoms with Crippen LogP contribution in [0, 0.1) is 6.92 Å². The Hall–Kier alpha value is -1.42. The molecule has 17 heavy (non-hydrogen) atoms. The average Bonchev–Trinajstić information content (AvgIpc) is 3.05. The summed E-state index contributed by atoms with van der Waals surface area (Å²) in [5.41, 5.74) is 2.82. The molecule has 0 unspecified atom stereocenters. The second-order valence-corrected chi connectivity index (χ2v) is 4.88. The summed E-state index contributed by atoms with van der Waals surface area (Å²) >= 11 is 6.17. The zero-order chi connectivity index (χ0) is 12.0. The monoisotopic (exact) mass is 248 g/mol. The zero-order valence-corrected chi connectivity index (χ0v) is 10.6. The van der Waals surface area contributed by atoms with E-state index in [0.29, 0.717) is 11.1 Å².